The monoisotopic (exact) mass is 323 g/mol. The van der Waals surface area contributed by atoms with Gasteiger partial charge in [-0.05, 0) is 30.5 Å². The molecular formula is C17H22FNO4. The highest BCUT2D eigenvalue weighted by Gasteiger charge is 2.48. The van der Waals surface area contributed by atoms with Crippen LogP contribution >= 0.6 is 0 Å². The van der Waals surface area contributed by atoms with E-state index in [-0.39, 0.29) is 31.8 Å². The van der Waals surface area contributed by atoms with E-state index in [9.17, 15) is 24.2 Å². The molecule has 1 amide bonds. The fraction of sp³-hybridized carbons (Fsp3) is 0.529. The zero-order valence-electron chi connectivity index (χ0n) is 13.2. The van der Waals surface area contributed by atoms with Gasteiger partial charge in [-0.1, -0.05) is 25.5 Å². The molecule has 23 heavy (non-hydrogen) atoms. The average Bonchev–Trinajstić information content (AvgIpc) is 2.49. The SMILES string of the molecule is CCC[C@]1(C(=O)O)CCN(C(=O)Cc2cccc(F)c2)C[C@H]1O. The summed E-state index contributed by atoms with van der Waals surface area (Å²) in [4.78, 5) is 25.3. The van der Waals surface area contributed by atoms with Crippen LogP contribution in [0.4, 0.5) is 4.39 Å². The zero-order valence-corrected chi connectivity index (χ0v) is 13.2. The van der Waals surface area contributed by atoms with E-state index in [0.717, 1.165) is 0 Å². The number of carbonyl (C=O) groups excluding carboxylic acids is 1. The Labute approximate surface area is 134 Å². The standard InChI is InChI=1S/C17H22FNO4/c1-2-6-17(16(22)23)7-8-19(11-14(17)20)15(21)10-12-4-3-5-13(18)9-12/h3-5,9,14,20H,2,6-8,10-11H2,1H3,(H,22,23)/t14-,17+/m1/s1. The number of hydrogen-bond acceptors (Lipinski definition) is 3. The number of halogens is 1. The van der Waals surface area contributed by atoms with Crippen LogP contribution in [0.2, 0.25) is 0 Å². The van der Waals surface area contributed by atoms with Crippen LogP contribution in [0.5, 0.6) is 0 Å². The van der Waals surface area contributed by atoms with Gasteiger partial charge in [-0.3, -0.25) is 9.59 Å². The van der Waals surface area contributed by atoms with Crippen molar-refractivity contribution in [2.75, 3.05) is 13.1 Å². The number of likely N-dealkylation sites (tertiary alicyclic amines) is 1. The third-order valence-electron chi connectivity index (χ3n) is 4.58. The highest BCUT2D eigenvalue weighted by atomic mass is 19.1. The summed E-state index contributed by atoms with van der Waals surface area (Å²) in [5, 5.41) is 19.8. The molecule has 0 radical (unpaired) electrons. The minimum absolute atomic E-state index is 0.000445. The van der Waals surface area contributed by atoms with Crippen LogP contribution in [0.1, 0.15) is 31.7 Å². The molecule has 0 aromatic heterocycles. The number of aliphatic carboxylic acids is 1. The van der Waals surface area contributed by atoms with Crippen LogP contribution in [-0.4, -0.2) is 46.2 Å². The Morgan fingerprint density at radius 2 is 2.17 bits per heavy atom. The molecule has 0 bridgehead atoms. The van der Waals surface area contributed by atoms with Crippen LogP contribution in [0.25, 0.3) is 0 Å². The Morgan fingerprint density at radius 3 is 2.74 bits per heavy atom. The van der Waals surface area contributed by atoms with Crippen molar-refractivity contribution in [2.24, 2.45) is 5.41 Å². The highest BCUT2D eigenvalue weighted by molar-refractivity contribution is 5.80. The van der Waals surface area contributed by atoms with Crippen molar-refractivity contribution in [3.05, 3.63) is 35.6 Å². The first-order valence-corrected chi connectivity index (χ1v) is 7.82. The van der Waals surface area contributed by atoms with Crippen molar-refractivity contribution < 1.29 is 24.2 Å². The average molecular weight is 323 g/mol. The summed E-state index contributed by atoms with van der Waals surface area (Å²) in [5.41, 5.74) is -0.613. The second kappa shape index (κ2) is 7.08. The second-order valence-corrected chi connectivity index (χ2v) is 6.12. The van der Waals surface area contributed by atoms with Gasteiger partial charge in [-0.25, -0.2) is 4.39 Å². The van der Waals surface area contributed by atoms with Gasteiger partial charge in [0.2, 0.25) is 5.91 Å². The summed E-state index contributed by atoms with van der Waals surface area (Å²) in [6.45, 7) is 2.16. The van der Waals surface area contributed by atoms with Crippen molar-refractivity contribution in [2.45, 2.75) is 38.7 Å². The lowest BCUT2D eigenvalue weighted by Gasteiger charge is -2.42. The molecule has 1 saturated heterocycles. The third-order valence-corrected chi connectivity index (χ3v) is 4.58. The molecule has 1 aromatic rings. The normalized spacial score (nSPS) is 24.5. The molecule has 2 rings (SSSR count). The first-order valence-electron chi connectivity index (χ1n) is 7.82. The molecule has 1 aliphatic rings. The number of rotatable bonds is 5. The third kappa shape index (κ3) is 3.69. The van der Waals surface area contributed by atoms with Gasteiger partial charge in [-0.15, -0.1) is 0 Å². The van der Waals surface area contributed by atoms with E-state index in [0.29, 0.717) is 18.4 Å². The van der Waals surface area contributed by atoms with Gasteiger partial charge >= 0.3 is 5.97 Å². The number of aliphatic hydroxyl groups is 1. The first-order chi connectivity index (χ1) is 10.9. The Bertz CT molecular complexity index is 592. The van der Waals surface area contributed by atoms with E-state index in [2.05, 4.69) is 0 Å². The van der Waals surface area contributed by atoms with Gasteiger partial charge in [0.25, 0.3) is 0 Å². The maximum atomic E-state index is 13.2. The lowest BCUT2D eigenvalue weighted by Crippen LogP contribution is -2.56. The molecule has 0 saturated carbocycles. The first kappa shape index (κ1) is 17.4. The van der Waals surface area contributed by atoms with Gasteiger partial charge in [0.05, 0.1) is 17.9 Å². The van der Waals surface area contributed by atoms with Crippen molar-refractivity contribution in [1.82, 2.24) is 4.90 Å². The number of hydrogen-bond donors (Lipinski definition) is 2. The quantitative estimate of drug-likeness (QED) is 0.866. The summed E-state index contributed by atoms with van der Waals surface area (Å²) in [6.07, 6.45) is 0.214. The topological polar surface area (TPSA) is 77.8 Å². The summed E-state index contributed by atoms with van der Waals surface area (Å²) in [5.74, 6) is -1.64. The van der Waals surface area contributed by atoms with Gasteiger partial charge < -0.3 is 15.1 Å². The summed E-state index contributed by atoms with van der Waals surface area (Å²) >= 11 is 0. The van der Waals surface area contributed by atoms with E-state index in [4.69, 9.17) is 0 Å². The molecule has 0 spiro atoms. The zero-order chi connectivity index (χ0) is 17.0. The van der Waals surface area contributed by atoms with E-state index in [1.54, 1.807) is 12.1 Å². The van der Waals surface area contributed by atoms with Crippen LogP contribution in [0.15, 0.2) is 24.3 Å². The van der Waals surface area contributed by atoms with Crippen molar-refractivity contribution in [3.63, 3.8) is 0 Å². The number of aliphatic hydroxyl groups excluding tert-OH is 1. The maximum Gasteiger partial charge on any atom is 0.312 e. The number of carboxylic acid groups (broad SMARTS) is 1. The van der Waals surface area contributed by atoms with Gasteiger partial charge in [0.15, 0.2) is 0 Å². The number of benzene rings is 1. The lowest BCUT2D eigenvalue weighted by molar-refractivity contribution is -0.167. The molecule has 1 heterocycles. The lowest BCUT2D eigenvalue weighted by atomic mass is 9.72. The Morgan fingerprint density at radius 1 is 1.43 bits per heavy atom. The van der Waals surface area contributed by atoms with E-state index in [1.165, 1.54) is 17.0 Å². The molecule has 1 fully saturated rings. The smallest absolute Gasteiger partial charge is 0.312 e. The summed E-state index contributed by atoms with van der Waals surface area (Å²) in [6, 6.07) is 5.82. The van der Waals surface area contributed by atoms with Crippen molar-refractivity contribution in [3.8, 4) is 0 Å². The number of carbonyl (C=O) groups is 2. The molecule has 5 nitrogen and oxygen atoms in total. The number of β-amino-alcohol motifs (C(OH)–C–C–N with tert-alkyl or cyclic N) is 1. The predicted molar refractivity (Wildman–Crippen MR) is 82.3 cm³/mol. The molecule has 0 aliphatic carbocycles. The van der Waals surface area contributed by atoms with Crippen LogP contribution < -0.4 is 0 Å². The van der Waals surface area contributed by atoms with Crippen molar-refractivity contribution >= 4 is 11.9 Å². The molecule has 1 aromatic carbocycles. The second-order valence-electron chi connectivity index (χ2n) is 6.12. The van der Waals surface area contributed by atoms with Crippen molar-refractivity contribution in [1.29, 1.82) is 0 Å². The Balaban J connectivity index is 2.04. The molecule has 2 atom stereocenters. The minimum atomic E-state index is -1.18. The highest BCUT2D eigenvalue weighted by Crippen LogP contribution is 2.37. The van der Waals surface area contributed by atoms with Crippen LogP contribution in [0.3, 0.4) is 0 Å². The largest absolute Gasteiger partial charge is 0.481 e. The van der Waals surface area contributed by atoms with Gasteiger partial charge in [-0.2, -0.15) is 0 Å². The van der Waals surface area contributed by atoms with E-state index in [1.807, 2.05) is 6.92 Å². The van der Waals surface area contributed by atoms with Crippen LogP contribution in [-0.2, 0) is 16.0 Å². The molecular weight excluding hydrogens is 301 g/mol. The minimum Gasteiger partial charge on any atom is -0.481 e. The molecule has 0 unspecified atom stereocenters. The Kier molecular flexibility index (Phi) is 5.36. The number of amides is 1. The fourth-order valence-corrected chi connectivity index (χ4v) is 3.23. The fourth-order valence-electron chi connectivity index (χ4n) is 3.23. The maximum absolute atomic E-state index is 13.2. The predicted octanol–water partition coefficient (Wildman–Crippen LogP) is 1.83. The molecule has 6 heteroatoms. The summed E-state index contributed by atoms with van der Waals surface area (Å²) < 4.78 is 13.2. The number of nitrogens with zero attached hydrogens (tertiary/aromatic N) is 1. The number of carboxylic acids is 1. The number of piperidine rings is 1. The van der Waals surface area contributed by atoms with E-state index >= 15 is 0 Å². The molecule has 2 N–H and O–H groups in total. The molecule has 126 valence electrons. The van der Waals surface area contributed by atoms with Gasteiger partial charge in [0.1, 0.15) is 5.82 Å². The van der Waals surface area contributed by atoms with E-state index < -0.39 is 23.3 Å². The Hall–Kier alpha value is -1.95. The summed E-state index contributed by atoms with van der Waals surface area (Å²) in [7, 11) is 0. The molecule has 1 aliphatic heterocycles. The van der Waals surface area contributed by atoms with Crippen LogP contribution in [0, 0.1) is 11.2 Å². The van der Waals surface area contributed by atoms with Gasteiger partial charge in [0, 0.05) is 13.1 Å².